The van der Waals surface area contributed by atoms with Gasteiger partial charge in [-0.05, 0) is 24.5 Å². The van der Waals surface area contributed by atoms with Crippen LogP contribution in [-0.4, -0.2) is 22.5 Å². The number of carbonyl (C=O) groups is 1. The lowest BCUT2D eigenvalue weighted by Crippen LogP contribution is -2.38. The van der Waals surface area contributed by atoms with Gasteiger partial charge in [0.15, 0.2) is 5.13 Å². The first-order valence-corrected chi connectivity index (χ1v) is 7.09. The second-order valence-corrected chi connectivity index (χ2v) is 5.88. The Hall–Kier alpha value is -1.88. The van der Waals surface area contributed by atoms with Crippen LogP contribution in [0.25, 0.3) is 0 Å². The van der Waals surface area contributed by atoms with Gasteiger partial charge in [-0.15, -0.1) is 11.3 Å². The molecule has 0 fully saturated rings. The molecule has 1 aliphatic heterocycles. The Morgan fingerprint density at radius 1 is 1.37 bits per heavy atom. The molecule has 1 N–H and O–H groups in total. The summed E-state index contributed by atoms with van der Waals surface area (Å²) in [5, 5.41) is 3.53. The van der Waals surface area contributed by atoms with Crippen LogP contribution in [0.1, 0.15) is 16.0 Å². The standard InChI is InChI=1S/C14H15N3OS/c1-10-8-15-13(19-10)16-14(18)17-7-6-11-4-2-3-5-12(11)9-17/h2-5,8H,6-7,9H2,1H3,(H,15,16,18). The molecule has 98 valence electrons. The summed E-state index contributed by atoms with van der Waals surface area (Å²) in [6.45, 7) is 3.41. The Labute approximate surface area is 116 Å². The lowest BCUT2D eigenvalue weighted by atomic mass is 10.0. The van der Waals surface area contributed by atoms with Gasteiger partial charge in [-0.1, -0.05) is 24.3 Å². The first-order valence-electron chi connectivity index (χ1n) is 6.27. The number of nitrogens with one attached hydrogen (secondary N) is 1. The molecule has 0 spiro atoms. The minimum Gasteiger partial charge on any atom is -0.320 e. The maximum atomic E-state index is 12.2. The van der Waals surface area contributed by atoms with E-state index in [1.165, 1.54) is 22.5 Å². The van der Waals surface area contributed by atoms with Crippen molar-refractivity contribution in [2.45, 2.75) is 19.9 Å². The summed E-state index contributed by atoms with van der Waals surface area (Å²) in [4.78, 5) is 19.3. The van der Waals surface area contributed by atoms with Crippen molar-refractivity contribution < 1.29 is 4.79 Å². The summed E-state index contributed by atoms with van der Waals surface area (Å²) in [6, 6.07) is 8.22. The highest BCUT2D eigenvalue weighted by molar-refractivity contribution is 7.15. The molecule has 0 saturated heterocycles. The topological polar surface area (TPSA) is 45.2 Å². The van der Waals surface area contributed by atoms with Gasteiger partial charge in [0.2, 0.25) is 0 Å². The van der Waals surface area contributed by atoms with Crippen molar-refractivity contribution in [2.75, 3.05) is 11.9 Å². The zero-order chi connectivity index (χ0) is 13.2. The summed E-state index contributed by atoms with van der Waals surface area (Å²) in [6.07, 6.45) is 2.69. The fourth-order valence-electron chi connectivity index (χ4n) is 2.25. The predicted octanol–water partition coefficient (Wildman–Crippen LogP) is 3.04. The van der Waals surface area contributed by atoms with Crippen molar-refractivity contribution in [1.29, 1.82) is 0 Å². The molecule has 0 radical (unpaired) electrons. The van der Waals surface area contributed by atoms with Crippen molar-refractivity contribution in [3.8, 4) is 0 Å². The van der Waals surface area contributed by atoms with Gasteiger partial charge in [-0.3, -0.25) is 5.32 Å². The summed E-state index contributed by atoms with van der Waals surface area (Å²) < 4.78 is 0. The average molecular weight is 273 g/mol. The summed E-state index contributed by atoms with van der Waals surface area (Å²) >= 11 is 1.50. The molecule has 1 aromatic heterocycles. The van der Waals surface area contributed by atoms with Crippen LogP contribution in [0.5, 0.6) is 0 Å². The first-order chi connectivity index (χ1) is 9.22. The molecule has 19 heavy (non-hydrogen) atoms. The van der Waals surface area contributed by atoms with E-state index < -0.39 is 0 Å². The third-order valence-corrected chi connectivity index (χ3v) is 4.08. The molecule has 0 aliphatic carbocycles. The van der Waals surface area contributed by atoms with Crippen molar-refractivity contribution in [1.82, 2.24) is 9.88 Å². The third kappa shape index (κ3) is 2.61. The predicted molar refractivity (Wildman–Crippen MR) is 76.4 cm³/mol. The van der Waals surface area contributed by atoms with Crippen LogP contribution >= 0.6 is 11.3 Å². The van der Waals surface area contributed by atoms with E-state index in [-0.39, 0.29) is 6.03 Å². The van der Waals surface area contributed by atoms with Crippen LogP contribution in [0.4, 0.5) is 9.93 Å². The summed E-state index contributed by atoms with van der Waals surface area (Å²) in [7, 11) is 0. The van der Waals surface area contributed by atoms with Gasteiger partial charge < -0.3 is 4.90 Å². The fraction of sp³-hybridized carbons (Fsp3) is 0.286. The van der Waals surface area contributed by atoms with Crippen molar-refractivity contribution in [2.24, 2.45) is 0 Å². The quantitative estimate of drug-likeness (QED) is 0.868. The second-order valence-electron chi connectivity index (χ2n) is 4.65. The van der Waals surface area contributed by atoms with E-state index in [2.05, 4.69) is 22.4 Å². The van der Waals surface area contributed by atoms with E-state index >= 15 is 0 Å². The first kappa shape index (κ1) is 12.2. The molecule has 2 aromatic rings. The van der Waals surface area contributed by atoms with Gasteiger partial charge in [0.25, 0.3) is 0 Å². The van der Waals surface area contributed by atoms with Crippen LogP contribution in [0, 0.1) is 6.92 Å². The lowest BCUT2D eigenvalue weighted by molar-refractivity contribution is 0.206. The number of aryl methyl sites for hydroxylation is 1. The number of nitrogens with zero attached hydrogens (tertiary/aromatic N) is 2. The van der Waals surface area contributed by atoms with Crippen molar-refractivity contribution in [3.05, 3.63) is 46.5 Å². The number of hydrogen-bond donors (Lipinski definition) is 1. The molecule has 2 heterocycles. The lowest BCUT2D eigenvalue weighted by Gasteiger charge is -2.28. The summed E-state index contributed by atoms with van der Waals surface area (Å²) in [5.74, 6) is 0. The van der Waals surface area contributed by atoms with E-state index in [0.717, 1.165) is 17.8 Å². The second kappa shape index (κ2) is 5.01. The zero-order valence-corrected chi connectivity index (χ0v) is 11.5. The Kier molecular flexibility index (Phi) is 3.21. The van der Waals surface area contributed by atoms with Crippen LogP contribution < -0.4 is 5.32 Å². The number of fused-ring (bicyclic) bond motifs is 1. The molecular weight excluding hydrogens is 258 g/mol. The number of anilines is 1. The monoisotopic (exact) mass is 273 g/mol. The minimum absolute atomic E-state index is 0.0659. The van der Waals surface area contributed by atoms with Crippen molar-refractivity contribution >= 4 is 22.5 Å². The van der Waals surface area contributed by atoms with Gasteiger partial charge >= 0.3 is 6.03 Å². The number of amides is 2. The van der Waals surface area contributed by atoms with Crippen LogP contribution in [0.2, 0.25) is 0 Å². The number of urea groups is 1. The Morgan fingerprint density at radius 3 is 2.89 bits per heavy atom. The SMILES string of the molecule is Cc1cnc(NC(=O)N2CCc3ccccc3C2)s1. The van der Waals surface area contributed by atoms with E-state index in [1.807, 2.05) is 24.0 Å². The van der Waals surface area contributed by atoms with Gasteiger partial charge in [-0.25, -0.2) is 9.78 Å². The van der Waals surface area contributed by atoms with Gasteiger partial charge in [-0.2, -0.15) is 0 Å². The molecule has 0 bridgehead atoms. The maximum Gasteiger partial charge on any atom is 0.323 e. The van der Waals surface area contributed by atoms with Crippen LogP contribution in [0.15, 0.2) is 30.5 Å². The van der Waals surface area contributed by atoms with Crippen LogP contribution in [-0.2, 0) is 13.0 Å². The van der Waals surface area contributed by atoms with E-state index in [9.17, 15) is 4.79 Å². The molecular formula is C14H15N3OS. The molecule has 5 heteroatoms. The molecule has 4 nitrogen and oxygen atoms in total. The van der Waals surface area contributed by atoms with E-state index in [0.29, 0.717) is 11.7 Å². The highest BCUT2D eigenvalue weighted by atomic mass is 32.1. The van der Waals surface area contributed by atoms with Gasteiger partial charge in [0, 0.05) is 24.2 Å². The Bertz CT molecular complexity index is 608. The average Bonchev–Trinajstić information content (AvgIpc) is 2.83. The van der Waals surface area contributed by atoms with Gasteiger partial charge in [0.05, 0.1) is 0 Å². The molecule has 3 rings (SSSR count). The summed E-state index contributed by atoms with van der Waals surface area (Å²) in [5.41, 5.74) is 2.58. The number of hydrogen-bond acceptors (Lipinski definition) is 3. The molecule has 1 aliphatic rings. The van der Waals surface area contributed by atoms with Crippen LogP contribution in [0.3, 0.4) is 0 Å². The smallest absolute Gasteiger partial charge is 0.320 e. The molecule has 2 amide bonds. The highest BCUT2D eigenvalue weighted by Crippen LogP contribution is 2.21. The number of benzene rings is 1. The van der Waals surface area contributed by atoms with E-state index in [4.69, 9.17) is 0 Å². The third-order valence-electron chi connectivity index (χ3n) is 3.25. The van der Waals surface area contributed by atoms with E-state index in [1.54, 1.807) is 6.20 Å². The molecule has 1 aromatic carbocycles. The van der Waals surface area contributed by atoms with Gasteiger partial charge in [0.1, 0.15) is 0 Å². The number of carbonyl (C=O) groups excluding carboxylic acids is 1. The zero-order valence-electron chi connectivity index (χ0n) is 10.7. The Balaban J connectivity index is 1.69. The molecule has 0 atom stereocenters. The highest BCUT2D eigenvalue weighted by Gasteiger charge is 2.20. The fourth-order valence-corrected chi connectivity index (χ4v) is 2.91. The maximum absolute atomic E-state index is 12.2. The number of thiazole rings is 1. The molecule has 0 unspecified atom stereocenters. The minimum atomic E-state index is -0.0659. The Morgan fingerprint density at radius 2 is 2.16 bits per heavy atom. The normalized spacial score (nSPS) is 14.1. The largest absolute Gasteiger partial charge is 0.323 e. The number of aromatic nitrogens is 1. The van der Waals surface area contributed by atoms with Crippen molar-refractivity contribution in [3.63, 3.8) is 0 Å². The molecule has 0 saturated carbocycles. The number of rotatable bonds is 1.